The van der Waals surface area contributed by atoms with E-state index in [-0.39, 0.29) is 12.0 Å². The highest BCUT2D eigenvalue weighted by atomic mass is 16.5. The Morgan fingerprint density at radius 3 is 2.76 bits per heavy atom. The maximum atomic E-state index is 12.3. The van der Waals surface area contributed by atoms with E-state index in [0.29, 0.717) is 25.3 Å². The second kappa shape index (κ2) is 8.14. The Morgan fingerprint density at radius 2 is 2.08 bits per heavy atom. The minimum absolute atomic E-state index is 0.0834. The molecule has 1 unspecified atom stereocenters. The van der Waals surface area contributed by atoms with Crippen molar-refractivity contribution in [1.29, 1.82) is 0 Å². The van der Waals surface area contributed by atoms with Gasteiger partial charge in [-0.25, -0.2) is 0 Å². The minimum Gasteiger partial charge on any atom is -0.488 e. The number of hydrogen-bond donors (Lipinski definition) is 2. The zero-order valence-electron chi connectivity index (χ0n) is 14.5. The summed E-state index contributed by atoms with van der Waals surface area (Å²) in [6, 6.07) is 13.4. The molecule has 1 aliphatic heterocycles. The van der Waals surface area contributed by atoms with Crippen LogP contribution in [0.25, 0.3) is 0 Å². The third-order valence-electron chi connectivity index (χ3n) is 4.30. The molecule has 1 fully saturated rings. The summed E-state index contributed by atoms with van der Waals surface area (Å²) in [5.41, 5.74) is 9.30. The molecule has 2 aromatic carbocycles. The summed E-state index contributed by atoms with van der Waals surface area (Å²) in [6.07, 6.45) is 0.979. The van der Waals surface area contributed by atoms with E-state index in [4.69, 9.17) is 15.2 Å². The summed E-state index contributed by atoms with van der Waals surface area (Å²) >= 11 is 0. The molecule has 0 radical (unpaired) electrons. The van der Waals surface area contributed by atoms with Crippen LogP contribution in [0.1, 0.15) is 33.5 Å². The Balaban J connectivity index is 1.66. The SMILES string of the molecule is Cc1ccc(CNC(=O)c2ccc(CN)cc2)c(OC2CCOC2)c1. The first-order valence-electron chi connectivity index (χ1n) is 8.57. The molecule has 3 rings (SSSR count). The average Bonchev–Trinajstić information content (AvgIpc) is 3.14. The lowest BCUT2D eigenvalue weighted by atomic mass is 10.1. The monoisotopic (exact) mass is 340 g/mol. The number of amides is 1. The molecule has 0 aromatic heterocycles. The standard InChI is InChI=1S/C20H24N2O3/c1-14-2-5-17(19(10-14)25-18-8-9-24-13-18)12-22-20(23)16-6-3-15(11-21)4-7-16/h2-7,10,18H,8-9,11-13,21H2,1H3,(H,22,23). The van der Waals surface area contributed by atoms with E-state index >= 15 is 0 Å². The number of carbonyl (C=O) groups excluding carboxylic acids is 1. The summed E-state index contributed by atoms with van der Waals surface area (Å²) in [6.45, 7) is 4.27. The van der Waals surface area contributed by atoms with Gasteiger partial charge in [0.1, 0.15) is 11.9 Å². The quantitative estimate of drug-likeness (QED) is 0.847. The third-order valence-corrected chi connectivity index (χ3v) is 4.30. The molecular formula is C20H24N2O3. The zero-order valence-corrected chi connectivity index (χ0v) is 14.5. The van der Waals surface area contributed by atoms with Gasteiger partial charge in [0.15, 0.2) is 0 Å². The van der Waals surface area contributed by atoms with Crippen molar-refractivity contribution >= 4 is 5.91 Å². The van der Waals surface area contributed by atoms with Gasteiger partial charge >= 0.3 is 0 Å². The molecule has 1 amide bonds. The van der Waals surface area contributed by atoms with Crippen molar-refractivity contribution in [2.24, 2.45) is 5.73 Å². The molecule has 0 spiro atoms. The third kappa shape index (κ3) is 4.59. The predicted octanol–water partition coefficient (Wildman–Crippen LogP) is 2.55. The molecule has 0 aliphatic carbocycles. The van der Waals surface area contributed by atoms with Crippen molar-refractivity contribution in [3.8, 4) is 5.75 Å². The van der Waals surface area contributed by atoms with E-state index in [2.05, 4.69) is 5.32 Å². The molecular weight excluding hydrogens is 316 g/mol. The molecule has 1 saturated heterocycles. The smallest absolute Gasteiger partial charge is 0.251 e. The largest absolute Gasteiger partial charge is 0.488 e. The van der Waals surface area contributed by atoms with E-state index in [1.165, 1.54) is 0 Å². The van der Waals surface area contributed by atoms with Gasteiger partial charge in [-0.1, -0.05) is 24.3 Å². The van der Waals surface area contributed by atoms with Crippen molar-refractivity contribution in [1.82, 2.24) is 5.32 Å². The van der Waals surface area contributed by atoms with Crippen molar-refractivity contribution in [3.63, 3.8) is 0 Å². The van der Waals surface area contributed by atoms with Crippen LogP contribution < -0.4 is 15.8 Å². The van der Waals surface area contributed by atoms with Crippen LogP contribution in [0.4, 0.5) is 0 Å². The number of nitrogens with one attached hydrogen (secondary N) is 1. The van der Waals surface area contributed by atoms with Gasteiger partial charge in [-0.3, -0.25) is 4.79 Å². The normalized spacial score (nSPS) is 16.6. The molecule has 5 nitrogen and oxygen atoms in total. The van der Waals surface area contributed by atoms with Crippen LogP contribution in [0.2, 0.25) is 0 Å². The first-order valence-corrected chi connectivity index (χ1v) is 8.57. The number of hydrogen-bond acceptors (Lipinski definition) is 4. The molecule has 1 heterocycles. The molecule has 1 aliphatic rings. The Bertz CT molecular complexity index is 722. The van der Waals surface area contributed by atoms with Gasteiger partial charge in [0.05, 0.1) is 13.2 Å². The van der Waals surface area contributed by atoms with Gasteiger partial charge in [0.2, 0.25) is 0 Å². The minimum atomic E-state index is -0.112. The van der Waals surface area contributed by atoms with Gasteiger partial charge in [0.25, 0.3) is 5.91 Å². The summed E-state index contributed by atoms with van der Waals surface area (Å²) in [5, 5.41) is 2.96. The second-order valence-corrected chi connectivity index (χ2v) is 6.30. The van der Waals surface area contributed by atoms with Crippen LogP contribution in [0.5, 0.6) is 5.75 Å². The number of aryl methyl sites for hydroxylation is 1. The number of benzene rings is 2. The Hall–Kier alpha value is -2.37. The van der Waals surface area contributed by atoms with E-state index < -0.39 is 0 Å². The topological polar surface area (TPSA) is 73.6 Å². The molecule has 2 aromatic rings. The van der Waals surface area contributed by atoms with Gasteiger partial charge in [0, 0.05) is 30.6 Å². The molecule has 132 valence electrons. The Kier molecular flexibility index (Phi) is 5.68. The Labute approximate surface area is 148 Å². The highest BCUT2D eigenvalue weighted by molar-refractivity contribution is 5.94. The Morgan fingerprint density at radius 1 is 1.28 bits per heavy atom. The number of nitrogens with two attached hydrogens (primary N) is 1. The van der Waals surface area contributed by atoms with E-state index in [9.17, 15) is 4.79 Å². The average molecular weight is 340 g/mol. The predicted molar refractivity (Wildman–Crippen MR) is 96.5 cm³/mol. The van der Waals surface area contributed by atoms with Crippen molar-refractivity contribution in [2.75, 3.05) is 13.2 Å². The molecule has 5 heteroatoms. The fraction of sp³-hybridized carbons (Fsp3) is 0.350. The number of ether oxygens (including phenoxy) is 2. The van der Waals surface area contributed by atoms with Crippen LogP contribution in [0.15, 0.2) is 42.5 Å². The molecule has 3 N–H and O–H groups in total. The fourth-order valence-corrected chi connectivity index (χ4v) is 2.77. The van der Waals surface area contributed by atoms with Crippen LogP contribution in [-0.2, 0) is 17.8 Å². The van der Waals surface area contributed by atoms with Crippen molar-refractivity contribution in [2.45, 2.75) is 32.5 Å². The van der Waals surface area contributed by atoms with Gasteiger partial charge in [-0.05, 0) is 36.2 Å². The van der Waals surface area contributed by atoms with Crippen LogP contribution in [0, 0.1) is 6.92 Å². The summed E-state index contributed by atoms with van der Waals surface area (Å²) in [5.74, 6) is 0.702. The molecule has 0 bridgehead atoms. The highest BCUT2D eigenvalue weighted by Gasteiger charge is 2.19. The molecule has 0 saturated carbocycles. The van der Waals surface area contributed by atoms with Crippen molar-refractivity contribution in [3.05, 3.63) is 64.7 Å². The van der Waals surface area contributed by atoms with Crippen molar-refractivity contribution < 1.29 is 14.3 Å². The lowest BCUT2D eigenvalue weighted by Crippen LogP contribution is -2.24. The van der Waals surface area contributed by atoms with Gasteiger partial charge in [-0.2, -0.15) is 0 Å². The zero-order chi connectivity index (χ0) is 17.6. The van der Waals surface area contributed by atoms with Crippen LogP contribution in [0.3, 0.4) is 0 Å². The first kappa shape index (κ1) is 17.5. The lowest BCUT2D eigenvalue weighted by Gasteiger charge is -2.17. The number of rotatable bonds is 6. The van der Waals surface area contributed by atoms with Gasteiger partial charge < -0.3 is 20.5 Å². The maximum Gasteiger partial charge on any atom is 0.251 e. The van der Waals surface area contributed by atoms with Crippen LogP contribution in [-0.4, -0.2) is 25.2 Å². The summed E-state index contributed by atoms with van der Waals surface area (Å²) < 4.78 is 11.4. The second-order valence-electron chi connectivity index (χ2n) is 6.30. The van der Waals surface area contributed by atoms with E-state index in [1.807, 2.05) is 37.3 Å². The fourth-order valence-electron chi connectivity index (χ4n) is 2.77. The molecule has 1 atom stereocenters. The highest BCUT2D eigenvalue weighted by Crippen LogP contribution is 2.24. The summed E-state index contributed by atoms with van der Waals surface area (Å²) in [7, 11) is 0. The van der Waals surface area contributed by atoms with E-state index in [1.54, 1.807) is 12.1 Å². The lowest BCUT2D eigenvalue weighted by molar-refractivity contribution is 0.0950. The summed E-state index contributed by atoms with van der Waals surface area (Å²) in [4.78, 5) is 12.3. The molecule has 25 heavy (non-hydrogen) atoms. The van der Waals surface area contributed by atoms with Crippen LogP contribution >= 0.6 is 0 Å². The van der Waals surface area contributed by atoms with Gasteiger partial charge in [-0.15, -0.1) is 0 Å². The number of carbonyl (C=O) groups is 1. The maximum absolute atomic E-state index is 12.3. The first-order chi connectivity index (χ1) is 12.2. The van der Waals surface area contributed by atoms with E-state index in [0.717, 1.165) is 35.5 Å².